The molecule has 2 aromatic heterocycles. The van der Waals surface area contributed by atoms with E-state index in [-0.39, 0.29) is 23.2 Å². The van der Waals surface area contributed by atoms with Crippen LogP contribution in [-0.2, 0) is 0 Å². The zero-order valence-electron chi connectivity index (χ0n) is 25.0. The number of pyridine rings is 1. The maximum absolute atomic E-state index is 13.5. The highest BCUT2D eigenvalue weighted by atomic mass is 19.1. The van der Waals surface area contributed by atoms with E-state index >= 15 is 0 Å². The highest BCUT2D eigenvalue weighted by molar-refractivity contribution is 5.89. The van der Waals surface area contributed by atoms with Crippen LogP contribution < -0.4 is 40.3 Å². The van der Waals surface area contributed by atoms with E-state index in [0.717, 1.165) is 22.9 Å². The predicted molar refractivity (Wildman–Crippen MR) is 164 cm³/mol. The number of carbonyl (C=O) groups excluding carboxylic acids is 1. The largest absolute Gasteiger partial charge is 0.494 e. The average molecular weight is 617 g/mol. The number of hydrogen-bond acceptors (Lipinski definition) is 9. The van der Waals surface area contributed by atoms with E-state index in [0.29, 0.717) is 33.9 Å². The van der Waals surface area contributed by atoms with Crippen molar-refractivity contribution in [1.82, 2.24) is 14.1 Å². The molecule has 0 aliphatic carbocycles. The first-order valence-corrected chi connectivity index (χ1v) is 13.6. The lowest BCUT2D eigenvalue weighted by Gasteiger charge is -2.16. The van der Waals surface area contributed by atoms with Gasteiger partial charge in [0.25, 0.3) is 0 Å². The van der Waals surface area contributed by atoms with Crippen LogP contribution in [0.3, 0.4) is 0 Å². The Labute approximate surface area is 256 Å². The molecule has 0 radical (unpaired) electrons. The van der Waals surface area contributed by atoms with Gasteiger partial charge in [-0.2, -0.15) is 0 Å². The van der Waals surface area contributed by atoms with Gasteiger partial charge in [-0.05, 0) is 62.4 Å². The second-order valence-electron chi connectivity index (χ2n) is 9.91. The molecule has 0 aliphatic heterocycles. The number of nitrogens with zero attached hydrogens (tertiary/aromatic N) is 3. The molecule has 0 unspecified atom stereocenters. The van der Waals surface area contributed by atoms with Crippen molar-refractivity contribution in [3.05, 3.63) is 99.7 Å². The van der Waals surface area contributed by atoms with E-state index in [2.05, 4.69) is 10.3 Å². The molecule has 12 nitrogen and oxygen atoms in total. The Morgan fingerprint density at radius 2 is 1.53 bits per heavy atom. The Bertz CT molecular complexity index is 2000. The van der Waals surface area contributed by atoms with E-state index in [9.17, 15) is 18.8 Å². The molecular weight excluding hydrogens is 587 g/mol. The molecule has 0 fully saturated rings. The zero-order valence-corrected chi connectivity index (χ0v) is 25.0. The third-order valence-electron chi connectivity index (χ3n) is 6.77. The molecule has 5 aromatic rings. The number of fused-ring (bicyclic) bond motifs is 1. The number of anilines is 1. The van der Waals surface area contributed by atoms with E-state index in [4.69, 9.17) is 23.7 Å². The fraction of sp³-hybridized carbons (Fsp3) is 0.188. The Balaban J connectivity index is 1.41. The van der Waals surface area contributed by atoms with Crippen LogP contribution in [0, 0.1) is 5.82 Å². The molecule has 1 amide bonds. The van der Waals surface area contributed by atoms with Crippen LogP contribution in [0.25, 0.3) is 16.6 Å². The van der Waals surface area contributed by atoms with E-state index in [1.54, 1.807) is 50.4 Å². The van der Waals surface area contributed by atoms with Gasteiger partial charge in [0.05, 0.1) is 44.4 Å². The van der Waals surface area contributed by atoms with Crippen molar-refractivity contribution in [2.75, 3.05) is 26.6 Å². The Morgan fingerprint density at radius 3 is 2.20 bits per heavy atom. The molecular formula is C32H29FN4O8. The third-order valence-corrected chi connectivity index (χ3v) is 6.77. The van der Waals surface area contributed by atoms with Crippen LogP contribution in [0.1, 0.15) is 19.9 Å². The lowest BCUT2D eigenvalue weighted by molar-refractivity contribution is 0.213. The molecule has 0 spiro atoms. The lowest BCUT2D eigenvalue weighted by atomic mass is 10.2. The van der Waals surface area contributed by atoms with Crippen molar-refractivity contribution in [3.8, 4) is 40.2 Å². The van der Waals surface area contributed by atoms with Gasteiger partial charge in [0.1, 0.15) is 23.1 Å². The van der Waals surface area contributed by atoms with Gasteiger partial charge in [0.2, 0.25) is 5.75 Å². The van der Waals surface area contributed by atoms with Crippen LogP contribution >= 0.6 is 0 Å². The summed E-state index contributed by atoms with van der Waals surface area (Å²) < 4.78 is 43.3. The Hall–Kier alpha value is -5.85. The van der Waals surface area contributed by atoms with E-state index in [1.165, 1.54) is 44.1 Å². The van der Waals surface area contributed by atoms with Crippen molar-refractivity contribution in [1.29, 1.82) is 0 Å². The number of methoxy groups -OCH3 is 3. The van der Waals surface area contributed by atoms with Crippen LogP contribution in [0.2, 0.25) is 0 Å². The minimum atomic E-state index is -1.01. The monoisotopic (exact) mass is 616 g/mol. The molecule has 0 saturated heterocycles. The molecule has 13 heteroatoms. The summed E-state index contributed by atoms with van der Waals surface area (Å²) in [5.41, 5.74) is -0.611. The predicted octanol–water partition coefficient (Wildman–Crippen LogP) is 5.70. The highest BCUT2D eigenvalue weighted by Gasteiger charge is 2.20. The van der Waals surface area contributed by atoms with Gasteiger partial charge in [0, 0.05) is 29.8 Å². The van der Waals surface area contributed by atoms with Gasteiger partial charge in [0.15, 0.2) is 11.5 Å². The van der Waals surface area contributed by atoms with Crippen molar-refractivity contribution >= 4 is 22.7 Å². The number of rotatable bonds is 9. The first kappa shape index (κ1) is 30.6. The lowest BCUT2D eigenvalue weighted by Crippen LogP contribution is -2.40. The summed E-state index contributed by atoms with van der Waals surface area (Å²) in [6.07, 6.45) is 1.74. The molecule has 232 valence electrons. The second-order valence-corrected chi connectivity index (χ2v) is 9.91. The van der Waals surface area contributed by atoms with Gasteiger partial charge in [-0.1, -0.05) is 0 Å². The molecule has 3 aromatic carbocycles. The summed E-state index contributed by atoms with van der Waals surface area (Å²) in [5, 5.41) is 3.22. The summed E-state index contributed by atoms with van der Waals surface area (Å²) in [6, 6.07) is 14.3. The maximum atomic E-state index is 13.5. The first-order valence-electron chi connectivity index (χ1n) is 13.6. The number of ether oxygens (including phenoxy) is 5. The van der Waals surface area contributed by atoms with Crippen LogP contribution in [0.4, 0.5) is 14.9 Å². The number of hydrogen-bond donors (Lipinski definition) is 1. The topological polar surface area (TPSA) is 132 Å². The minimum Gasteiger partial charge on any atom is -0.494 e. The summed E-state index contributed by atoms with van der Waals surface area (Å²) in [7, 11) is 4.48. The van der Waals surface area contributed by atoms with E-state index < -0.39 is 28.9 Å². The summed E-state index contributed by atoms with van der Waals surface area (Å²) in [6.45, 7) is 3.45. The summed E-state index contributed by atoms with van der Waals surface area (Å²) in [4.78, 5) is 43.6. The molecule has 2 heterocycles. The van der Waals surface area contributed by atoms with Crippen molar-refractivity contribution in [2.24, 2.45) is 0 Å². The number of benzene rings is 3. The number of nitrogens with one attached hydrogen (secondary N) is 1. The van der Waals surface area contributed by atoms with Gasteiger partial charge in [-0.3, -0.25) is 19.7 Å². The SMILES string of the molecule is COc1cc(Oc2ccnc3cc(OC)c(OC)cc23)ccc1NC(=O)Oc1cn(C(C)C)c(=O)n(-c2ccc(F)cc2)c1=O. The fourth-order valence-electron chi connectivity index (χ4n) is 4.54. The van der Waals surface area contributed by atoms with Crippen molar-refractivity contribution < 1.29 is 32.9 Å². The zero-order chi connectivity index (χ0) is 32.2. The smallest absolute Gasteiger partial charge is 0.417 e. The molecule has 5 rings (SSSR count). The van der Waals surface area contributed by atoms with Gasteiger partial charge in [-0.25, -0.2) is 18.5 Å². The highest BCUT2D eigenvalue weighted by Crippen LogP contribution is 2.38. The number of halogens is 1. The summed E-state index contributed by atoms with van der Waals surface area (Å²) in [5.74, 6) is 1.18. The van der Waals surface area contributed by atoms with Gasteiger partial charge in [-0.15, -0.1) is 0 Å². The number of aromatic nitrogens is 3. The number of carbonyl (C=O) groups is 1. The quantitative estimate of drug-likeness (QED) is 0.222. The molecule has 0 saturated carbocycles. The fourth-order valence-corrected chi connectivity index (χ4v) is 4.54. The van der Waals surface area contributed by atoms with Gasteiger partial charge >= 0.3 is 17.3 Å². The average Bonchev–Trinajstić information content (AvgIpc) is 3.03. The van der Waals surface area contributed by atoms with Crippen molar-refractivity contribution in [3.63, 3.8) is 0 Å². The van der Waals surface area contributed by atoms with Gasteiger partial charge < -0.3 is 23.7 Å². The van der Waals surface area contributed by atoms with Crippen molar-refractivity contribution in [2.45, 2.75) is 19.9 Å². The molecule has 0 atom stereocenters. The summed E-state index contributed by atoms with van der Waals surface area (Å²) >= 11 is 0. The minimum absolute atomic E-state index is 0.114. The van der Waals surface area contributed by atoms with Crippen LogP contribution in [-0.4, -0.2) is 41.5 Å². The Kier molecular flexibility index (Phi) is 8.70. The van der Waals surface area contributed by atoms with Crippen LogP contribution in [0.5, 0.6) is 34.5 Å². The third kappa shape index (κ3) is 6.27. The molecule has 0 bridgehead atoms. The standard InChI is InChI=1S/C32H29FN4O8/c1-18(2)36-17-29(30(38)37(32(36)40)20-8-6-19(33)7-9-20)45-31(39)35-23-11-10-21(14-26(23)41-3)44-25-12-13-34-24-16-28(43-5)27(42-4)15-22(24)25/h6-18H,1-5H3,(H,35,39). The second kappa shape index (κ2) is 12.8. The molecule has 1 N–H and O–H groups in total. The molecule has 0 aliphatic rings. The maximum Gasteiger partial charge on any atom is 0.417 e. The van der Waals surface area contributed by atoms with E-state index in [1.807, 2.05) is 0 Å². The number of amides is 1. The Morgan fingerprint density at radius 1 is 0.844 bits per heavy atom. The first-order chi connectivity index (χ1) is 21.6. The molecule has 45 heavy (non-hydrogen) atoms. The van der Waals surface area contributed by atoms with Crippen LogP contribution in [0.15, 0.2) is 82.6 Å². The normalized spacial score (nSPS) is 10.9.